The average molecular weight is 272 g/mol. The van der Waals surface area contributed by atoms with Gasteiger partial charge in [0.15, 0.2) is 0 Å². The second-order valence-corrected chi connectivity index (χ2v) is 5.35. The molecule has 0 unspecified atom stereocenters. The van der Waals surface area contributed by atoms with Crippen molar-refractivity contribution in [2.75, 3.05) is 13.6 Å². The molecule has 0 aliphatic rings. The van der Waals surface area contributed by atoms with Gasteiger partial charge in [0.05, 0.1) is 17.5 Å². The van der Waals surface area contributed by atoms with Gasteiger partial charge in [-0.25, -0.2) is 12.8 Å². The number of halogens is 1. The molecule has 0 aliphatic carbocycles. The van der Waals surface area contributed by atoms with Crippen LogP contribution >= 0.6 is 0 Å². The molecule has 0 amide bonds. The maximum Gasteiger partial charge on any atom is 0.272 e. The Morgan fingerprint density at radius 2 is 2.17 bits per heavy atom. The molecule has 0 fully saturated rings. The van der Waals surface area contributed by atoms with Gasteiger partial charge in [0.25, 0.3) is 5.69 Å². The van der Waals surface area contributed by atoms with Crippen molar-refractivity contribution in [3.05, 3.63) is 34.1 Å². The van der Waals surface area contributed by atoms with Crippen LogP contribution in [0.1, 0.15) is 0 Å². The van der Waals surface area contributed by atoms with Gasteiger partial charge in [0.1, 0.15) is 10.7 Å². The topological polar surface area (TPSA) is 80.5 Å². The van der Waals surface area contributed by atoms with Gasteiger partial charge >= 0.3 is 0 Å². The minimum atomic E-state index is -4.08. The first-order chi connectivity index (χ1) is 8.30. The van der Waals surface area contributed by atoms with Crippen LogP contribution < -0.4 is 0 Å². The Balaban J connectivity index is 3.27. The fourth-order valence-corrected chi connectivity index (χ4v) is 2.32. The number of nitro groups is 1. The number of rotatable bonds is 4. The molecule has 0 saturated heterocycles. The Kier molecular flexibility index (Phi) is 4.00. The molecule has 0 heterocycles. The molecule has 0 saturated carbocycles. The Hall–Kier alpha value is -1.98. The van der Waals surface area contributed by atoms with Gasteiger partial charge in [-0.3, -0.25) is 10.1 Å². The SMILES string of the molecule is C#CCN(C)S(=O)(=O)c1ccc([N+](=O)[O-])cc1F. The Labute approximate surface area is 103 Å². The van der Waals surface area contributed by atoms with E-state index in [0.717, 1.165) is 16.4 Å². The first kappa shape index (κ1) is 14.1. The average Bonchev–Trinajstić information content (AvgIpc) is 2.28. The third-order valence-corrected chi connectivity index (χ3v) is 3.97. The lowest BCUT2D eigenvalue weighted by Crippen LogP contribution is -2.28. The number of benzene rings is 1. The van der Waals surface area contributed by atoms with Crippen molar-refractivity contribution in [1.82, 2.24) is 4.31 Å². The summed E-state index contributed by atoms with van der Waals surface area (Å²) in [7, 11) is -2.89. The highest BCUT2D eigenvalue weighted by Crippen LogP contribution is 2.22. The van der Waals surface area contributed by atoms with E-state index < -0.39 is 31.3 Å². The van der Waals surface area contributed by atoms with Crippen LogP contribution in [-0.4, -0.2) is 31.2 Å². The molecule has 0 bridgehead atoms. The van der Waals surface area contributed by atoms with Crippen molar-refractivity contribution in [2.45, 2.75) is 4.90 Å². The molecule has 0 aromatic heterocycles. The second-order valence-electron chi connectivity index (χ2n) is 3.34. The summed E-state index contributed by atoms with van der Waals surface area (Å²) < 4.78 is 38.0. The summed E-state index contributed by atoms with van der Waals surface area (Å²) in [6.45, 7) is -0.223. The molecule has 18 heavy (non-hydrogen) atoms. The molecule has 1 aromatic carbocycles. The van der Waals surface area contributed by atoms with Gasteiger partial charge in [0.2, 0.25) is 10.0 Å². The van der Waals surface area contributed by atoms with Crippen LogP contribution in [0, 0.1) is 28.3 Å². The van der Waals surface area contributed by atoms with E-state index in [4.69, 9.17) is 6.42 Å². The predicted octanol–water partition coefficient (Wildman–Crippen LogP) is 0.988. The number of sulfonamides is 1. The van der Waals surface area contributed by atoms with E-state index in [2.05, 4.69) is 5.92 Å². The van der Waals surface area contributed by atoms with Gasteiger partial charge in [-0.1, -0.05) is 5.92 Å². The molecule has 1 aromatic rings. The summed E-state index contributed by atoms with van der Waals surface area (Å²) in [6, 6.07) is 2.31. The van der Waals surface area contributed by atoms with E-state index >= 15 is 0 Å². The van der Waals surface area contributed by atoms with E-state index in [9.17, 15) is 22.9 Å². The number of nitrogens with zero attached hydrogens (tertiary/aromatic N) is 2. The molecule has 8 heteroatoms. The summed E-state index contributed by atoms with van der Waals surface area (Å²) >= 11 is 0. The lowest BCUT2D eigenvalue weighted by molar-refractivity contribution is -0.385. The minimum absolute atomic E-state index is 0.223. The Morgan fingerprint density at radius 1 is 1.56 bits per heavy atom. The molecule has 0 atom stereocenters. The minimum Gasteiger partial charge on any atom is -0.258 e. The third kappa shape index (κ3) is 2.64. The molecule has 0 radical (unpaired) electrons. The zero-order valence-corrected chi connectivity index (χ0v) is 10.1. The monoisotopic (exact) mass is 272 g/mol. The van der Waals surface area contributed by atoms with Crippen molar-refractivity contribution < 1.29 is 17.7 Å². The number of hydrogen-bond donors (Lipinski definition) is 0. The summed E-state index contributed by atoms with van der Waals surface area (Å²) in [5.41, 5.74) is -0.522. The normalized spacial score (nSPS) is 11.2. The summed E-state index contributed by atoms with van der Waals surface area (Å²) in [5, 5.41) is 10.4. The lowest BCUT2D eigenvalue weighted by Gasteiger charge is -2.14. The van der Waals surface area contributed by atoms with E-state index in [1.807, 2.05) is 0 Å². The summed E-state index contributed by atoms with van der Waals surface area (Å²) in [6.07, 6.45) is 4.97. The molecule has 96 valence electrons. The van der Waals surface area contributed by atoms with Crippen LogP contribution in [0.4, 0.5) is 10.1 Å². The van der Waals surface area contributed by atoms with Crippen molar-refractivity contribution in [3.63, 3.8) is 0 Å². The second kappa shape index (κ2) is 5.12. The predicted molar refractivity (Wildman–Crippen MR) is 61.7 cm³/mol. The first-order valence-corrected chi connectivity index (χ1v) is 6.08. The van der Waals surface area contributed by atoms with Gasteiger partial charge < -0.3 is 0 Å². The molecule has 0 aliphatic heterocycles. The van der Waals surface area contributed by atoms with Crippen LogP contribution in [-0.2, 0) is 10.0 Å². The van der Waals surface area contributed by atoms with Crippen LogP contribution in [0.5, 0.6) is 0 Å². The van der Waals surface area contributed by atoms with Crippen molar-refractivity contribution >= 4 is 15.7 Å². The largest absolute Gasteiger partial charge is 0.272 e. The van der Waals surface area contributed by atoms with Crippen LogP contribution in [0.2, 0.25) is 0 Å². The number of non-ortho nitro benzene ring substituents is 1. The van der Waals surface area contributed by atoms with Gasteiger partial charge in [0, 0.05) is 13.1 Å². The maximum absolute atomic E-state index is 13.5. The molecule has 1 rings (SSSR count). The highest BCUT2D eigenvalue weighted by atomic mass is 32.2. The van der Waals surface area contributed by atoms with E-state index in [-0.39, 0.29) is 6.54 Å². The van der Waals surface area contributed by atoms with Crippen LogP contribution in [0.3, 0.4) is 0 Å². The van der Waals surface area contributed by atoms with E-state index in [1.165, 1.54) is 7.05 Å². The maximum atomic E-state index is 13.5. The molecular formula is C10H9FN2O4S. The van der Waals surface area contributed by atoms with Crippen LogP contribution in [0.15, 0.2) is 23.1 Å². The van der Waals surface area contributed by atoms with E-state index in [0.29, 0.717) is 6.07 Å². The molecule has 0 N–H and O–H groups in total. The van der Waals surface area contributed by atoms with Crippen molar-refractivity contribution in [1.29, 1.82) is 0 Å². The summed E-state index contributed by atoms with van der Waals surface area (Å²) in [4.78, 5) is 8.94. The van der Waals surface area contributed by atoms with Crippen molar-refractivity contribution in [2.24, 2.45) is 0 Å². The van der Waals surface area contributed by atoms with Gasteiger partial charge in [-0.05, 0) is 6.07 Å². The number of nitro benzene ring substituents is 1. The van der Waals surface area contributed by atoms with Gasteiger partial charge in [-0.15, -0.1) is 6.42 Å². The zero-order valence-electron chi connectivity index (χ0n) is 9.33. The Bertz CT molecular complexity index is 621. The number of terminal acetylenes is 1. The van der Waals surface area contributed by atoms with Gasteiger partial charge in [-0.2, -0.15) is 4.31 Å². The standard InChI is InChI=1S/C10H9FN2O4S/c1-3-6-12(2)18(16,17)10-5-4-8(13(14)15)7-9(10)11/h1,4-5,7H,6H2,2H3. The smallest absolute Gasteiger partial charge is 0.258 e. The van der Waals surface area contributed by atoms with E-state index in [1.54, 1.807) is 0 Å². The van der Waals surface area contributed by atoms with Crippen molar-refractivity contribution in [3.8, 4) is 12.3 Å². The fraction of sp³-hybridized carbons (Fsp3) is 0.200. The molecule has 6 nitrogen and oxygen atoms in total. The lowest BCUT2D eigenvalue weighted by atomic mass is 10.3. The molecule has 0 spiro atoms. The highest BCUT2D eigenvalue weighted by Gasteiger charge is 2.25. The quantitative estimate of drug-likeness (QED) is 0.465. The summed E-state index contributed by atoms with van der Waals surface area (Å²) in [5.74, 6) is 0.922. The zero-order chi connectivity index (χ0) is 13.9. The van der Waals surface area contributed by atoms with Crippen LogP contribution in [0.25, 0.3) is 0 Å². The number of hydrogen-bond acceptors (Lipinski definition) is 4. The third-order valence-electron chi connectivity index (χ3n) is 2.13. The first-order valence-electron chi connectivity index (χ1n) is 4.64. The fourth-order valence-electron chi connectivity index (χ4n) is 1.19. The molecular weight excluding hydrogens is 263 g/mol. The Morgan fingerprint density at radius 3 is 2.61 bits per heavy atom. The highest BCUT2D eigenvalue weighted by molar-refractivity contribution is 7.89.